The molecule has 17 heavy (non-hydrogen) atoms. The largest absolute Gasteiger partial charge is 0.385 e. The van der Waals surface area contributed by atoms with Crippen molar-refractivity contribution in [1.82, 2.24) is 5.32 Å². The van der Waals surface area contributed by atoms with Crippen LogP contribution >= 0.6 is 0 Å². The lowest BCUT2D eigenvalue weighted by Gasteiger charge is -2.39. The molecule has 0 radical (unpaired) electrons. The molecule has 0 spiro atoms. The molecule has 0 bridgehead atoms. The Morgan fingerprint density at radius 2 is 2.12 bits per heavy atom. The van der Waals surface area contributed by atoms with Crippen LogP contribution in [-0.4, -0.2) is 18.5 Å². The second-order valence-electron chi connectivity index (χ2n) is 4.78. The fraction of sp³-hybridized carbons (Fsp3) is 0.462. The highest BCUT2D eigenvalue weighted by Gasteiger charge is 2.33. The average Bonchev–Trinajstić information content (AvgIpc) is 2.26. The lowest BCUT2D eigenvalue weighted by Crippen LogP contribution is -2.51. The van der Waals surface area contributed by atoms with Gasteiger partial charge in [-0.2, -0.15) is 0 Å². The van der Waals surface area contributed by atoms with Crippen LogP contribution in [0.3, 0.4) is 0 Å². The molecule has 0 atom stereocenters. The first-order valence-electron chi connectivity index (χ1n) is 5.84. The normalized spacial score (nSPS) is 17.1. The summed E-state index contributed by atoms with van der Waals surface area (Å²) in [5.74, 6) is -0.616. The molecule has 3 nitrogen and oxygen atoms in total. The van der Waals surface area contributed by atoms with Gasteiger partial charge in [0.2, 0.25) is 0 Å². The van der Waals surface area contributed by atoms with Gasteiger partial charge in [0.25, 0.3) is 5.91 Å². The summed E-state index contributed by atoms with van der Waals surface area (Å²) in [6.45, 7) is 2.02. The molecule has 92 valence electrons. The number of carbonyl (C=O) groups excluding carboxylic acids is 1. The van der Waals surface area contributed by atoms with Gasteiger partial charge in [-0.25, -0.2) is 4.39 Å². The zero-order valence-electron chi connectivity index (χ0n) is 10.1. The molecule has 4 heteroatoms. The van der Waals surface area contributed by atoms with Gasteiger partial charge in [0.05, 0.1) is 11.3 Å². The van der Waals surface area contributed by atoms with Gasteiger partial charge >= 0.3 is 0 Å². The highest BCUT2D eigenvalue weighted by atomic mass is 19.1. The molecule has 2 N–H and O–H groups in total. The lowest BCUT2D eigenvalue weighted by molar-refractivity contribution is 0.0851. The highest BCUT2D eigenvalue weighted by molar-refractivity contribution is 6.00. The zero-order chi connectivity index (χ0) is 12.5. The van der Waals surface area contributed by atoms with E-state index >= 15 is 0 Å². The molecule has 0 saturated heterocycles. The molecule has 1 amide bonds. The average molecular weight is 236 g/mol. The van der Waals surface area contributed by atoms with E-state index in [-0.39, 0.29) is 17.1 Å². The number of anilines is 1. The second kappa shape index (κ2) is 4.35. The number of para-hydroxylation sites is 1. The number of hydrogen-bond donors (Lipinski definition) is 2. The summed E-state index contributed by atoms with van der Waals surface area (Å²) in [5, 5.41) is 5.70. The van der Waals surface area contributed by atoms with E-state index in [4.69, 9.17) is 0 Å². The fourth-order valence-electron chi connectivity index (χ4n) is 2.14. The minimum atomic E-state index is -0.404. The predicted octanol–water partition coefficient (Wildman–Crippen LogP) is 2.54. The van der Waals surface area contributed by atoms with Crippen molar-refractivity contribution in [1.29, 1.82) is 0 Å². The van der Waals surface area contributed by atoms with Crippen molar-refractivity contribution in [3.05, 3.63) is 29.6 Å². The Labute approximate surface area is 100 Å². The Balaban J connectivity index is 2.21. The van der Waals surface area contributed by atoms with Crippen LogP contribution in [0.2, 0.25) is 0 Å². The Kier molecular flexibility index (Phi) is 3.05. The van der Waals surface area contributed by atoms with Crippen LogP contribution < -0.4 is 10.6 Å². The Morgan fingerprint density at radius 3 is 2.65 bits per heavy atom. The smallest absolute Gasteiger partial charge is 0.253 e. The first-order valence-corrected chi connectivity index (χ1v) is 5.84. The monoisotopic (exact) mass is 236 g/mol. The van der Waals surface area contributed by atoms with Gasteiger partial charge in [-0.3, -0.25) is 4.79 Å². The molecule has 2 rings (SSSR count). The number of amides is 1. The Morgan fingerprint density at radius 1 is 1.41 bits per heavy atom. The van der Waals surface area contributed by atoms with Crippen LogP contribution in [0.15, 0.2) is 18.2 Å². The lowest BCUT2D eigenvalue weighted by atomic mass is 9.78. The molecule has 1 aromatic rings. The van der Waals surface area contributed by atoms with Crippen molar-refractivity contribution < 1.29 is 9.18 Å². The van der Waals surface area contributed by atoms with Crippen LogP contribution in [0.4, 0.5) is 10.1 Å². The number of hydrogen-bond acceptors (Lipinski definition) is 2. The zero-order valence-corrected chi connectivity index (χ0v) is 10.1. The molecule has 1 aromatic carbocycles. The summed E-state index contributed by atoms with van der Waals surface area (Å²) in [4.78, 5) is 12.1. The van der Waals surface area contributed by atoms with E-state index in [1.54, 1.807) is 19.2 Å². The number of halogens is 1. The van der Waals surface area contributed by atoms with Crippen LogP contribution in [0.5, 0.6) is 0 Å². The maximum absolute atomic E-state index is 13.5. The maximum atomic E-state index is 13.5. The SMILES string of the molecule is CNc1c(F)cccc1C(=O)NC1(C)CCC1. The quantitative estimate of drug-likeness (QED) is 0.846. The van der Waals surface area contributed by atoms with Crippen molar-refractivity contribution in [2.24, 2.45) is 0 Å². The second-order valence-corrected chi connectivity index (χ2v) is 4.78. The third-order valence-electron chi connectivity index (χ3n) is 3.38. The van der Waals surface area contributed by atoms with Gasteiger partial charge in [0, 0.05) is 12.6 Å². The van der Waals surface area contributed by atoms with Gasteiger partial charge in [0.15, 0.2) is 0 Å². The molecular weight excluding hydrogens is 219 g/mol. The van der Waals surface area contributed by atoms with Crippen molar-refractivity contribution in [2.45, 2.75) is 31.7 Å². The van der Waals surface area contributed by atoms with Gasteiger partial charge in [-0.15, -0.1) is 0 Å². The van der Waals surface area contributed by atoms with Gasteiger partial charge < -0.3 is 10.6 Å². The van der Waals surface area contributed by atoms with Crippen LogP contribution in [0, 0.1) is 5.82 Å². The summed E-state index contributed by atoms with van der Waals surface area (Å²) < 4.78 is 13.5. The summed E-state index contributed by atoms with van der Waals surface area (Å²) in [6.07, 6.45) is 3.12. The topological polar surface area (TPSA) is 41.1 Å². The van der Waals surface area contributed by atoms with E-state index in [9.17, 15) is 9.18 Å². The van der Waals surface area contributed by atoms with Crippen molar-refractivity contribution in [2.75, 3.05) is 12.4 Å². The number of nitrogens with one attached hydrogen (secondary N) is 2. The van der Waals surface area contributed by atoms with Gasteiger partial charge in [-0.1, -0.05) is 6.07 Å². The molecule has 1 fully saturated rings. The van der Waals surface area contributed by atoms with Crippen LogP contribution in [-0.2, 0) is 0 Å². The first kappa shape index (κ1) is 11.9. The molecule has 1 aliphatic carbocycles. The van der Waals surface area contributed by atoms with Crippen molar-refractivity contribution in [3.63, 3.8) is 0 Å². The van der Waals surface area contributed by atoms with Gasteiger partial charge in [-0.05, 0) is 38.3 Å². The summed E-state index contributed by atoms with van der Waals surface area (Å²) in [7, 11) is 1.61. The highest BCUT2D eigenvalue weighted by Crippen LogP contribution is 2.31. The molecule has 0 aliphatic heterocycles. The van der Waals surface area contributed by atoms with Crippen molar-refractivity contribution >= 4 is 11.6 Å². The first-order chi connectivity index (χ1) is 8.06. The minimum absolute atomic E-state index is 0.117. The third kappa shape index (κ3) is 2.25. The van der Waals surface area contributed by atoms with Crippen LogP contribution in [0.1, 0.15) is 36.5 Å². The summed E-state index contributed by atoms with van der Waals surface area (Å²) in [5.41, 5.74) is 0.502. The van der Waals surface area contributed by atoms with Crippen LogP contribution in [0.25, 0.3) is 0 Å². The molecule has 1 aliphatic rings. The molecule has 0 aromatic heterocycles. The van der Waals surface area contributed by atoms with E-state index in [0.29, 0.717) is 5.56 Å². The minimum Gasteiger partial charge on any atom is -0.385 e. The third-order valence-corrected chi connectivity index (χ3v) is 3.38. The summed E-state index contributed by atoms with van der Waals surface area (Å²) in [6, 6.07) is 4.52. The van der Waals surface area contributed by atoms with E-state index in [2.05, 4.69) is 10.6 Å². The van der Waals surface area contributed by atoms with Gasteiger partial charge in [0.1, 0.15) is 5.82 Å². The molecule has 0 unspecified atom stereocenters. The van der Waals surface area contributed by atoms with E-state index in [0.717, 1.165) is 19.3 Å². The molecule has 0 heterocycles. The number of carbonyl (C=O) groups is 1. The fourth-order valence-corrected chi connectivity index (χ4v) is 2.14. The Bertz CT molecular complexity index is 441. The van der Waals surface area contributed by atoms with E-state index in [1.807, 2.05) is 6.92 Å². The molecule has 1 saturated carbocycles. The summed E-state index contributed by atoms with van der Waals surface area (Å²) >= 11 is 0. The van der Waals surface area contributed by atoms with Crippen molar-refractivity contribution in [3.8, 4) is 0 Å². The maximum Gasteiger partial charge on any atom is 0.253 e. The number of rotatable bonds is 3. The molecular formula is C13H17FN2O. The standard InChI is InChI=1S/C13H17FN2O/c1-13(7-4-8-13)16-12(17)9-5-3-6-10(14)11(9)15-2/h3,5-6,15H,4,7-8H2,1-2H3,(H,16,17). The number of benzene rings is 1. The predicted molar refractivity (Wildman–Crippen MR) is 65.7 cm³/mol. The van der Waals surface area contributed by atoms with E-state index in [1.165, 1.54) is 6.07 Å². The Hall–Kier alpha value is -1.58. The van der Waals surface area contributed by atoms with E-state index < -0.39 is 5.82 Å².